The SMILES string of the molecule is CCNC(=NCc1ccc(CN2CC(C)CC(C)C2)cc1)NC1CCS(=O)(=O)C1. The number of likely N-dealkylation sites (tertiary alicyclic amines) is 1. The number of piperidine rings is 1. The Balaban J connectivity index is 1.54. The highest BCUT2D eigenvalue weighted by Crippen LogP contribution is 2.22. The van der Waals surface area contributed by atoms with E-state index in [0.29, 0.717) is 18.9 Å². The number of nitrogens with one attached hydrogen (secondary N) is 2. The van der Waals surface area contributed by atoms with Crippen LogP contribution in [0.2, 0.25) is 0 Å². The van der Waals surface area contributed by atoms with E-state index in [1.807, 2.05) is 6.92 Å². The normalized spacial score (nSPS) is 27.7. The largest absolute Gasteiger partial charge is 0.357 e. The van der Waals surface area contributed by atoms with Crippen LogP contribution in [0.15, 0.2) is 29.3 Å². The molecule has 2 fully saturated rings. The molecule has 7 heteroatoms. The van der Waals surface area contributed by atoms with Gasteiger partial charge in [-0.15, -0.1) is 0 Å². The van der Waals surface area contributed by atoms with Crippen molar-refractivity contribution in [2.75, 3.05) is 31.1 Å². The van der Waals surface area contributed by atoms with Crippen LogP contribution in [-0.4, -0.2) is 56.5 Å². The van der Waals surface area contributed by atoms with Gasteiger partial charge in [-0.05, 0) is 42.7 Å². The Labute approximate surface area is 176 Å². The molecule has 0 bridgehead atoms. The van der Waals surface area contributed by atoms with Crippen LogP contribution in [0, 0.1) is 11.8 Å². The Morgan fingerprint density at radius 1 is 1.14 bits per heavy atom. The second-order valence-corrected chi connectivity index (χ2v) is 11.1. The zero-order chi connectivity index (χ0) is 20.9. The maximum atomic E-state index is 11.7. The molecule has 3 rings (SSSR count). The first-order chi connectivity index (χ1) is 13.8. The summed E-state index contributed by atoms with van der Waals surface area (Å²) < 4.78 is 23.3. The third-order valence-corrected chi connectivity index (χ3v) is 7.48. The molecule has 0 saturated carbocycles. The van der Waals surface area contributed by atoms with Crippen LogP contribution in [0.5, 0.6) is 0 Å². The molecule has 3 atom stereocenters. The second-order valence-electron chi connectivity index (χ2n) is 8.90. The third-order valence-electron chi connectivity index (χ3n) is 5.71. The van der Waals surface area contributed by atoms with E-state index in [1.165, 1.54) is 25.1 Å². The first kappa shape index (κ1) is 22.1. The van der Waals surface area contributed by atoms with Gasteiger partial charge in [0.25, 0.3) is 0 Å². The fourth-order valence-electron chi connectivity index (χ4n) is 4.52. The summed E-state index contributed by atoms with van der Waals surface area (Å²) in [6, 6.07) is 8.67. The minimum atomic E-state index is -2.90. The monoisotopic (exact) mass is 420 g/mol. The van der Waals surface area contributed by atoms with Gasteiger partial charge in [-0.2, -0.15) is 0 Å². The van der Waals surface area contributed by atoms with Gasteiger partial charge in [0, 0.05) is 32.2 Å². The summed E-state index contributed by atoms with van der Waals surface area (Å²) >= 11 is 0. The Hall–Kier alpha value is -1.60. The molecule has 0 aromatic heterocycles. The number of benzene rings is 1. The zero-order valence-corrected chi connectivity index (χ0v) is 18.8. The highest BCUT2D eigenvalue weighted by molar-refractivity contribution is 7.91. The lowest BCUT2D eigenvalue weighted by Crippen LogP contribution is -2.44. The lowest BCUT2D eigenvalue weighted by molar-refractivity contribution is 0.134. The molecule has 29 heavy (non-hydrogen) atoms. The van der Waals surface area contributed by atoms with Gasteiger partial charge in [-0.1, -0.05) is 38.1 Å². The molecular weight excluding hydrogens is 384 g/mol. The number of aliphatic imine (C=N–C) groups is 1. The van der Waals surface area contributed by atoms with Gasteiger partial charge < -0.3 is 10.6 Å². The van der Waals surface area contributed by atoms with Gasteiger partial charge in [0.15, 0.2) is 15.8 Å². The van der Waals surface area contributed by atoms with Crippen LogP contribution in [-0.2, 0) is 22.9 Å². The Morgan fingerprint density at radius 2 is 1.79 bits per heavy atom. The molecule has 2 aliphatic heterocycles. The van der Waals surface area contributed by atoms with Crippen molar-refractivity contribution in [3.05, 3.63) is 35.4 Å². The topological polar surface area (TPSA) is 73.8 Å². The molecule has 2 N–H and O–H groups in total. The lowest BCUT2D eigenvalue weighted by atomic mass is 9.91. The van der Waals surface area contributed by atoms with Crippen molar-refractivity contribution in [3.8, 4) is 0 Å². The number of nitrogens with zero attached hydrogens (tertiary/aromatic N) is 2. The molecule has 3 unspecified atom stereocenters. The van der Waals surface area contributed by atoms with Crippen LogP contribution in [0.3, 0.4) is 0 Å². The summed E-state index contributed by atoms with van der Waals surface area (Å²) in [6.45, 7) is 11.4. The van der Waals surface area contributed by atoms with E-state index in [1.54, 1.807) is 0 Å². The summed E-state index contributed by atoms with van der Waals surface area (Å²) in [7, 11) is -2.90. The van der Waals surface area contributed by atoms with Crippen LogP contribution in [0.1, 0.15) is 44.7 Å². The molecule has 2 heterocycles. The lowest BCUT2D eigenvalue weighted by Gasteiger charge is -2.35. The predicted octanol–water partition coefficient (Wildman–Crippen LogP) is 2.41. The first-order valence-corrected chi connectivity index (χ1v) is 12.7. The number of sulfone groups is 1. The van der Waals surface area contributed by atoms with Gasteiger partial charge in [0.2, 0.25) is 0 Å². The summed E-state index contributed by atoms with van der Waals surface area (Å²) in [6.07, 6.45) is 1.98. The number of hydrogen-bond acceptors (Lipinski definition) is 4. The number of guanidine groups is 1. The van der Waals surface area contributed by atoms with Crippen molar-refractivity contribution in [1.29, 1.82) is 0 Å². The maximum absolute atomic E-state index is 11.7. The Kier molecular flexibility index (Phi) is 7.57. The van der Waals surface area contributed by atoms with E-state index in [2.05, 4.69) is 58.6 Å². The number of hydrogen-bond donors (Lipinski definition) is 2. The van der Waals surface area contributed by atoms with E-state index in [0.717, 1.165) is 30.5 Å². The van der Waals surface area contributed by atoms with Crippen LogP contribution < -0.4 is 10.6 Å². The van der Waals surface area contributed by atoms with Gasteiger partial charge in [-0.25, -0.2) is 13.4 Å². The van der Waals surface area contributed by atoms with Crippen molar-refractivity contribution >= 4 is 15.8 Å². The minimum Gasteiger partial charge on any atom is -0.357 e. The quantitative estimate of drug-likeness (QED) is 0.546. The standard InChI is InChI=1S/C22H36N4O2S/c1-4-23-22(25-21-9-10-29(27,28)16-21)24-12-19-5-7-20(8-6-19)15-26-13-17(2)11-18(3)14-26/h5-8,17-18,21H,4,9-16H2,1-3H3,(H2,23,24,25). The average Bonchev–Trinajstić information content (AvgIpc) is 2.99. The summed E-state index contributed by atoms with van der Waals surface area (Å²) in [5, 5.41) is 6.49. The Bertz CT molecular complexity index is 782. The first-order valence-electron chi connectivity index (χ1n) is 10.9. The van der Waals surface area contributed by atoms with E-state index >= 15 is 0 Å². The van der Waals surface area contributed by atoms with E-state index in [-0.39, 0.29) is 17.5 Å². The fourth-order valence-corrected chi connectivity index (χ4v) is 6.20. The van der Waals surface area contributed by atoms with E-state index < -0.39 is 9.84 Å². The summed E-state index contributed by atoms with van der Waals surface area (Å²) in [5.41, 5.74) is 2.51. The predicted molar refractivity (Wildman–Crippen MR) is 120 cm³/mol. The average molecular weight is 421 g/mol. The Morgan fingerprint density at radius 3 is 2.38 bits per heavy atom. The van der Waals surface area contributed by atoms with Gasteiger partial charge in [0.1, 0.15) is 0 Å². The molecule has 6 nitrogen and oxygen atoms in total. The van der Waals surface area contributed by atoms with Crippen molar-refractivity contribution < 1.29 is 8.42 Å². The number of rotatable bonds is 6. The molecule has 2 saturated heterocycles. The molecule has 162 valence electrons. The third kappa shape index (κ3) is 7.00. The molecule has 0 amide bonds. The smallest absolute Gasteiger partial charge is 0.191 e. The zero-order valence-electron chi connectivity index (χ0n) is 18.0. The molecular formula is C22H36N4O2S. The van der Waals surface area contributed by atoms with Gasteiger partial charge in [0.05, 0.1) is 18.1 Å². The fraction of sp³-hybridized carbons (Fsp3) is 0.682. The van der Waals surface area contributed by atoms with Crippen LogP contribution in [0.25, 0.3) is 0 Å². The molecule has 2 aliphatic rings. The highest BCUT2D eigenvalue weighted by atomic mass is 32.2. The molecule has 0 radical (unpaired) electrons. The van der Waals surface area contributed by atoms with Crippen LogP contribution >= 0.6 is 0 Å². The second kappa shape index (κ2) is 9.94. The summed E-state index contributed by atoms with van der Waals surface area (Å²) in [5.74, 6) is 2.70. The molecule has 0 aliphatic carbocycles. The minimum absolute atomic E-state index is 0.0468. The van der Waals surface area contributed by atoms with Crippen molar-refractivity contribution in [1.82, 2.24) is 15.5 Å². The highest BCUT2D eigenvalue weighted by Gasteiger charge is 2.28. The van der Waals surface area contributed by atoms with E-state index in [4.69, 9.17) is 0 Å². The van der Waals surface area contributed by atoms with E-state index in [9.17, 15) is 8.42 Å². The van der Waals surface area contributed by atoms with Crippen molar-refractivity contribution in [3.63, 3.8) is 0 Å². The maximum Gasteiger partial charge on any atom is 0.191 e. The van der Waals surface area contributed by atoms with Crippen molar-refractivity contribution in [2.45, 2.75) is 52.7 Å². The molecule has 1 aromatic rings. The molecule has 0 spiro atoms. The van der Waals surface area contributed by atoms with Crippen LogP contribution in [0.4, 0.5) is 0 Å². The molecule has 1 aromatic carbocycles. The summed E-state index contributed by atoms with van der Waals surface area (Å²) in [4.78, 5) is 7.21. The van der Waals surface area contributed by atoms with Gasteiger partial charge >= 0.3 is 0 Å². The van der Waals surface area contributed by atoms with Gasteiger partial charge in [-0.3, -0.25) is 4.90 Å². The van der Waals surface area contributed by atoms with Crippen molar-refractivity contribution in [2.24, 2.45) is 16.8 Å².